The van der Waals surface area contributed by atoms with Crippen molar-refractivity contribution in [3.63, 3.8) is 0 Å². The summed E-state index contributed by atoms with van der Waals surface area (Å²) < 4.78 is 0. The Hall–Kier alpha value is -0.960. The number of benzene rings is 1. The highest BCUT2D eigenvalue weighted by molar-refractivity contribution is 7.81. The second kappa shape index (κ2) is 7.72. The number of thiol groups is 1. The SMILES string of the molecule is CN(C(=O)C(S)Cc1ccccc1)C1CCCCCC1. The molecule has 2 nitrogen and oxygen atoms in total. The molecular formula is C17H25NOS. The zero-order valence-electron chi connectivity index (χ0n) is 12.3. The zero-order valence-corrected chi connectivity index (χ0v) is 13.2. The lowest BCUT2D eigenvalue weighted by atomic mass is 10.1. The minimum Gasteiger partial charge on any atom is -0.342 e. The smallest absolute Gasteiger partial charge is 0.235 e. The van der Waals surface area contributed by atoms with E-state index in [1.54, 1.807) is 0 Å². The van der Waals surface area contributed by atoms with Gasteiger partial charge in [0.05, 0.1) is 5.25 Å². The van der Waals surface area contributed by atoms with Crippen molar-refractivity contribution in [3.05, 3.63) is 35.9 Å². The predicted molar refractivity (Wildman–Crippen MR) is 87.2 cm³/mol. The van der Waals surface area contributed by atoms with Crippen LogP contribution in [0.3, 0.4) is 0 Å². The summed E-state index contributed by atoms with van der Waals surface area (Å²) in [4.78, 5) is 14.5. The molecule has 3 heteroatoms. The van der Waals surface area contributed by atoms with Gasteiger partial charge in [0.25, 0.3) is 0 Å². The normalized spacial score (nSPS) is 18.3. The summed E-state index contributed by atoms with van der Waals surface area (Å²) in [5.41, 5.74) is 1.18. The summed E-state index contributed by atoms with van der Waals surface area (Å²) in [7, 11) is 1.95. The topological polar surface area (TPSA) is 20.3 Å². The number of rotatable bonds is 4. The Morgan fingerprint density at radius 3 is 2.40 bits per heavy atom. The molecule has 1 atom stereocenters. The molecule has 0 heterocycles. The zero-order chi connectivity index (χ0) is 14.4. The highest BCUT2D eigenvalue weighted by Crippen LogP contribution is 2.22. The Balaban J connectivity index is 1.91. The van der Waals surface area contributed by atoms with E-state index in [0.29, 0.717) is 12.5 Å². The number of nitrogens with zero attached hydrogens (tertiary/aromatic N) is 1. The largest absolute Gasteiger partial charge is 0.342 e. The Bertz CT molecular complexity index is 412. The van der Waals surface area contributed by atoms with Gasteiger partial charge in [0.2, 0.25) is 5.91 Å². The first-order valence-corrected chi connectivity index (χ1v) is 8.19. The number of carbonyl (C=O) groups is 1. The maximum absolute atomic E-state index is 12.5. The Labute approximate surface area is 128 Å². The van der Waals surface area contributed by atoms with Gasteiger partial charge in [-0.15, -0.1) is 0 Å². The van der Waals surface area contributed by atoms with Crippen molar-refractivity contribution in [2.75, 3.05) is 7.05 Å². The van der Waals surface area contributed by atoms with Gasteiger partial charge >= 0.3 is 0 Å². The minimum absolute atomic E-state index is 0.170. The van der Waals surface area contributed by atoms with Crippen LogP contribution in [0.1, 0.15) is 44.1 Å². The van der Waals surface area contributed by atoms with E-state index in [0.717, 1.165) is 12.8 Å². The number of carbonyl (C=O) groups excluding carboxylic acids is 1. The molecular weight excluding hydrogens is 266 g/mol. The van der Waals surface area contributed by atoms with Gasteiger partial charge in [0.15, 0.2) is 0 Å². The molecule has 1 aliphatic carbocycles. The van der Waals surface area contributed by atoms with E-state index in [1.807, 2.05) is 30.1 Å². The summed E-state index contributed by atoms with van der Waals surface area (Å²) in [5, 5.41) is -0.231. The van der Waals surface area contributed by atoms with E-state index < -0.39 is 0 Å². The fourth-order valence-electron chi connectivity index (χ4n) is 2.98. The van der Waals surface area contributed by atoms with E-state index >= 15 is 0 Å². The standard InChI is InChI=1S/C17H25NOS/c1-18(15-11-7-2-3-8-12-15)17(19)16(20)13-14-9-5-4-6-10-14/h4-6,9-10,15-16,20H,2-3,7-8,11-13H2,1H3. The first-order chi connectivity index (χ1) is 9.68. The van der Waals surface area contributed by atoms with Gasteiger partial charge in [0.1, 0.15) is 0 Å². The molecule has 1 aliphatic rings. The van der Waals surface area contributed by atoms with Crippen LogP contribution in [0.2, 0.25) is 0 Å². The maximum Gasteiger partial charge on any atom is 0.235 e. The van der Waals surface area contributed by atoms with Crippen LogP contribution in [0.25, 0.3) is 0 Å². The third kappa shape index (κ3) is 4.27. The fraction of sp³-hybridized carbons (Fsp3) is 0.588. The first-order valence-electron chi connectivity index (χ1n) is 7.67. The fourth-order valence-corrected chi connectivity index (χ4v) is 3.38. The van der Waals surface area contributed by atoms with Crippen molar-refractivity contribution in [1.82, 2.24) is 4.90 Å². The molecule has 1 saturated carbocycles. The van der Waals surface area contributed by atoms with Gasteiger partial charge in [-0.25, -0.2) is 0 Å². The molecule has 0 aliphatic heterocycles. The predicted octanol–water partition coefficient (Wildman–Crippen LogP) is 3.71. The summed E-state index contributed by atoms with van der Waals surface area (Å²) >= 11 is 4.53. The van der Waals surface area contributed by atoms with Crippen molar-refractivity contribution in [3.8, 4) is 0 Å². The number of amides is 1. The minimum atomic E-state index is -0.231. The lowest BCUT2D eigenvalue weighted by molar-refractivity contribution is -0.131. The quantitative estimate of drug-likeness (QED) is 0.662. The van der Waals surface area contributed by atoms with Gasteiger partial charge in [-0.1, -0.05) is 56.0 Å². The molecule has 1 unspecified atom stereocenters. The van der Waals surface area contributed by atoms with Crippen LogP contribution in [0.5, 0.6) is 0 Å². The van der Waals surface area contributed by atoms with Gasteiger partial charge in [0, 0.05) is 13.1 Å². The molecule has 0 aromatic heterocycles. The molecule has 1 fully saturated rings. The molecule has 110 valence electrons. The summed E-state index contributed by atoms with van der Waals surface area (Å²) in [5.74, 6) is 0.170. The molecule has 0 bridgehead atoms. The Morgan fingerprint density at radius 2 is 1.80 bits per heavy atom. The van der Waals surface area contributed by atoms with E-state index in [4.69, 9.17) is 0 Å². The van der Waals surface area contributed by atoms with Crippen molar-refractivity contribution in [2.45, 2.75) is 56.2 Å². The summed E-state index contributed by atoms with van der Waals surface area (Å²) in [6.45, 7) is 0. The lowest BCUT2D eigenvalue weighted by Gasteiger charge is -2.29. The maximum atomic E-state index is 12.5. The van der Waals surface area contributed by atoms with E-state index in [2.05, 4.69) is 24.8 Å². The van der Waals surface area contributed by atoms with Gasteiger partial charge in [-0.3, -0.25) is 4.79 Å². The van der Waals surface area contributed by atoms with E-state index in [-0.39, 0.29) is 11.2 Å². The molecule has 2 rings (SSSR count). The van der Waals surface area contributed by atoms with E-state index in [9.17, 15) is 4.79 Å². The average Bonchev–Trinajstić information content (AvgIpc) is 2.75. The number of hydrogen-bond acceptors (Lipinski definition) is 2. The molecule has 1 amide bonds. The molecule has 1 aromatic rings. The number of hydrogen-bond donors (Lipinski definition) is 1. The summed E-state index contributed by atoms with van der Waals surface area (Å²) in [6.07, 6.45) is 8.12. The highest BCUT2D eigenvalue weighted by atomic mass is 32.1. The monoisotopic (exact) mass is 291 g/mol. The van der Waals surface area contributed by atoms with Crippen LogP contribution in [0, 0.1) is 0 Å². The summed E-state index contributed by atoms with van der Waals surface area (Å²) in [6, 6.07) is 10.5. The Morgan fingerprint density at radius 1 is 1.20 bits per heavy atom. The van der Waals surface area contributed by atoms with E-state index in [1.165, 1.54) is 31.2 Å². The third-order valence-electron chi connectivity index (χ3n) is 4.28. The molecule has 0 spiro atoms. The molecule has 20 heavy (non-hydrogen) atoms. The van der Waals surface area contributed by atoms with Crippen LogP contribution in [0.4, 0.5) is 0 Å². The van der Waals surface area contributed by atoms with Crippen molar-refractivity contribution in [1.29, 1.82) is 0 Å². The molecule has 0 radical (unpaired) electrons. The van der Waals surface area contributed by atoms with Crippen molar-refractivity contribution in [2.24, 2.45) is 0 Å². The van der Waals surface area contributed by atoms with Crippen LogP contribution in [-0.2, 0) is 11.2 Å². The first kappa shape index (κ1) is 15.4. The van der Waals surface area contributed by atoms with Gasteiger partial charge in [-0.05, 0) is 24.8 Å². The van der Waals surface area contributed by atoms with Crippen LogP contribution >= 0.6 is 12.6 Å². The highest BCUT2D eigenvalue weighted by Gasteiger charge is 2.25. The van der Waals surface area contributed by atoms with Crippen LogP contribution in [-0.4, -0.2) is 29.1 Å². The van der Waals surface area contributed by atoms with Gasteiger partial charge in [-0.2, -0.15) is 12.6 Å². The second-order valence-electron chi connectivity index (χ2n) is 5.80. The second-order valence-corrected chi connectivity index (χ2v) is 6.42. The van der Waals surface area contributed by atoms with Crippen LogP contribution in [0.15, 0.2) is 30.3 Å². The molecule has 1 aromatic carbocycles. The Kier molecular flexibility index (Phi) is 5.96. The average molecular weight is 291 g/mol. The van der Waals surface area contributed by atoms with Crippen molar-refractivity contribution < 1.29 is 4.79 Å². The van der Waals surface area contributed by atoms with Gasteiger partial charge < -0.3 is 4.90 Å². The van der Waals surface area contributed by atoms with Crippen LogP contribution < -0.4 is 0 Å². The molecule has 0 saturated heterocycles. The third-order valence-corrected chi connectivity index (χ3v) is 4.68. The lowest BCUT2D eigenvalue weighted by Crippen LogP contribution is -2.41. The molecule has 0 N–H and O–H groups in total. The van der Waals surface area contributed by atoms with Crippen molar-refractivity contribution >= 4 is 18.5 Å².